The summed E-state index contributed by atoms with van der Waals surface area (Å²) in [6.07, 6.45) is 20.2. The van der Waals surface area contributed by atoms with Crippen LogP contribution in [-0.2, 0) is 0 Å². The molecule has 4 heteroatoms. The Morgan fingerprint density at radius 3 is 1.81 bits per heavy atom. The van der Waals surface area contributed by atoms with E-state index < -0.39 is 0 Å². The van der Waals surface area contributed by atoms with Gasteiger partial charge >= 0.3 is 0 Å². The zero-order valence-electron chi connectivity index (χ0n) is 8.72. The van der Waals surface area contributed by atoms with Gasteiger partial charge in [-0.3, -0.25) is 20.0 Å². The predicted octanol–water partition coefficient (Wildman–Crippen LogP) is 2.34. The van der Waals surface area contributed by atoms with E-state index in [1.54, 1.807) is 55.7 Å². The molecule has 0 atom stereocenters. The highest BCUT2D eigenvalue weighted by molar-refractivity contribution is 6.16. The molecule has 0 N–H and O–H groups in total. The van der Waals surface area contributed by atoms with E-state index in [9.17, 15) is 0 Å². The number of allylic oxidation sites excluding steroid dienone is 4. The van der Waals surface area contributed by atoms with Crippen LogP contribution in [0, 0.1) is 0 Å². The lowest BCUT2D eigenvalue weighted by Gasteiger charge is -1.77. The molecule has 0 aromatic carbocycles. The van der Waals surface area contributed by atoms with E-state index in [4.69, 9.17) is 0 Å². The molecule has 0 radical (unpaired) electrons. The molecule has 0 spiro atoms. The number of hydrogen-bond acceptors (Lipinski definition) is 4. The van der Waals surface area contributed by atoms with E-state index in [0.717, 1.165) is 0 Å². The second kappa shape index (κ2) is 9.21. The zero-order chi connectivity index (χ0) is 11.3. The maximum absolute atomic E-state index is 3.99. The number of rotatable bonds is 0. The SMILES string of the molecule is C1=CC=NC=CC=NC=CN=CC=NC=C1. The van der Waals surface area contributed by atoms with Gasteiger partial charge in [0.25, 0.3) is 0 Å². The average molecular weight is 212 g/mol. The molecule has 0 saturated carbocycles. The molecule has 1 heterocycles. The third kappa shape index (κ3) is 7.08. The van der Waals surface area contributed by atoms with Gasteiger partial charge in [-0.05, 0) is 18.2 Å². The van der Waals surface area contributed by atoms with Crippen LogP contribution in [0.15, 0.2) is 69.1 Å². The molecule has 0 amide bonds. The summed E-state index contributed by atoms with van der Waals surface area (Å²) < 4.78 is 0. The Hall–Kier alpha value is -2.36. The summed E-state index contributed by atoms with van der Waals surface area (Å²) in [7, 11) is 0. The molecule has 0 aliphatic carbocycles. The first-order chi connectivity index (χ1) is 8.00. The first-order valence-corrected chi connectivity index (χ1v) is 4.73. The van der Waals surface area contributed by atoms with Crippen molar-refractivity contribution in [1.29, 1.82) is 0 Å². The highest BCUT2D eigenvalue weighted by Gasteiger charge is 1.67. The minimum Gasteiger partial charge on any atom is -0.265 e. The van der Waals surface area contributed by atoms with Gasteiger partial charge in [0.2, 0.25) is 0 Å². The quantitative estimate of drug-likeness (QED) is 0.591. The van der Waals surface area contributed by atoms with Crippen molar-refractivity contribution >= 4 is 24.9 Å². The van der Waals surface area contributed by atoms with E-state index in [0.29, 0.717) is 0 Å². The molecule has 0 fully saturated rings. The Labute approximate surface area is 94.6 Å². The van der Waals surface area contributed by atoms with Gasteiger partial charge in [-0.2, -0.15) is 0 Å². The van der Waals surface area contributed by atoms with Crippen LogP contribution in [0.1, 0.15) is 0 Å². The lowest BCUT2D eigenvalue weighted by Crippen LogP contribution is -1.71. The van der Waals surface area contributed by atoms with Crippen molar-refractivity contribution < 1.29 is 0 Å². The van der Waals surface area contributed by atoms with Gasteiger partial charge in [-0.15, -0.1) is 0 Å². The van der Waals surface area contributed by atoms with Crippen LogP contribution >= 0.6 is 0 Å². The Balaban J connectivity index is 2.67. The molecular formula is C12H12N4. The summed E-state index contributed by atoms with van der Waals surface area (Å²) in [4.78, 5) is 15.8. The minimum atomic E-state index is 1.58. The molecule has 0 aromatic heterocycles. The van der Waals surface area contributed by atoms with Gasteiger partial charge in [0, 0.05) is 49.7 Å². The molecule has 1 aliphatic heterocycles. The van der Waals surface area contributed by atoms with Crippen LogP contribution in [0.4, 0.5) is 0 Å². The molecular weight excluding hydrogens is 200 g/mol. The Kier molecular flexibility index (Phi) is 6.74. The smallest absolute Gasteiger partial charge is 0.0451 e. The molecule has 1 rings (SSSR count). The van der Waals surface area contributed by atoms with Crippen molar-refractivity contribution in [2.45, 2.75) is 0 Å². The van der Waals surface area contributed by atoms with E-state index in [-0.39, 0.29) is 0 Å². The second-order valence-electron chi connectivity index (χ2n) is 2.56. The van der Waals surface area contributed by atoms with Gasteiger partial charge in [-0.1, -0.05) is 6.08 Å². The van der Waals surface area contributed by atoms with Crippen LogP contribution in [0.5, 0.6) is 0 Å². The molecule has 16 heavy (non-hydrogen) atoms. The van der Waals surface area contributed by atoms with Gasteiger partial charge in [0.05, 0.1) is 0 Å². The largest absolute Gasteiger partial charge is 0.265 e. The summed E-state index contributed by atoms with van der Waals surface area (Å²) in [5.74, 6) is 0. The highest BCUT2D eigenvalue weighted by Crippen LogP contribution is 1.80. The van der Waals surface area contributed by atoms with Crippen LogP contribution in [-0.4, -0.2) is 24.9 Å². The van der Waals surface area contributed by atoms with E-state index in [2.05, 4.69) is 20.0 Å². The maximum atomic E-state index is 3.99. The third-order valence-electron chi connectivity index (χ3n) is 1.39. The third-order valence-corrected chi connectivity index (χ3v) is 1.39. The van der Waals surface area contributed by atoms with Crippen molar-refractivity contribution in [2.75, 3.05) is 0 Å². The van der Waals surface area contributed by atoms with Crippen LogP contribution in [0.25, 0.3) is 0 Å². The van der Waals surface area contributed by atoms with Crippen LogP contribution < -0.4 is 0 Å². The normalized spacial score (nSPS) is 16.0. The zero-order valence-corrected chi connectivity index (χ0v) is 8.72. The number of nitrogens with zero attached hydrogens (tertiary/aromatic N) is 4. The van der Waals surface area contributed by atoms with E-state index in [1.165, 1.54) is 0 Å². The van der Waals surface area contributed by atoms with Gasteiger partial charge in [-0.25, -0.2) is 0 Å². The lowest BCUT2D eigenvalue weighted by molar-refractivity contribution is 1.49. The van der Waals surface area contributed by atoms with Gasteiger partial charge in [0.15, 0.2) is 0 Å². The van der Waals surface area contributed by atoms with E-state index in [1.807, 2.05) is 18.2 Å². The first kappa shape index (κ1) is 11.7. The number of aliphatic imine (C=N–C) groups is 4. The fraction of sp³-hybridized carbons (Fsp3) is 0. The summed E-state index contributed by atoms with van der Waals surface area (Å²) >= 11 is 0. The fourth-order valence-corrected chi connectivity index (χ4v) is 0.754. The van der Waals surface area contributed by atoms with Crippen LogP contribution in [0.2, 0.25) is 0 Å². The van der Waals surface area contributed by atoms with Crippen molar-refractivity contribution in [3.8, 4) is 0 Å². The Morgan fingerprint density at radius 2 is 0.938 bits per heavy atom. The van der Waals surface area contributed by atoms with Crippen molar-refractivity contribution in [3.05, 3.63) is 49.1 Å². The summed E-state index contributed by atoms with van der Waals surface area (Å²) in [5.41, 5.74) is 0. The summed E-state index contributed by atoms with van der Waals surface area (Å²) in [5, 5.41) is 0. The fourth-order valence-electron chi connectivity index (χ4n) is 0.754. The molecule has 1 aliphatic rings. The molecule has 80 valence electrons. The monoisotopic (exact) mass is 212 g/mol. The standard InChI is InChI=1S/C12H12N4/c1-2-5-13-7-4-8-15-10-12-16-11-9-14-6-3-1/h1-12H. The lowest BCUT2D eigenvalue weighted by atomic mass is 10.5. The summed E-state index contributed by atoms with van der Waals surface area (Å²) in [6.45, 7) is 0. The van der Waals surface area contributed by atoms with Gasteiger partial charge < -0.3 is 0 Å². The Bertz CT molecular complexity index is 255. The average Bonchev–Trinajstić information content (AvgIpc) is 2.29. The minimum absolute atomic E-state index is 1.58. The molecule has 0 bridgehead atoms. The number of hydrogen-bond donors (Lipinski definition) is 0. The topological polar surface area (TPSA) is 49.4 Å². The molecule has 0 saturated heterocycles. The second-order valence-corrected chi connectivity index (χ2v) is 2.56. The highest BCUT2D eigenvalue weighted by atomic mass is 14.7. The molecule has 0 unspecified atom stereocenters. The first-order valence-electron chi connectivity index (χ1n) is 4.73. The van der Waals surface area contributed by atoms with E-state index >= 15 is 0 Å². The van der Waals surface area contributed by atoms with Crippen molar-refractivity contribution in [2.24, 2.45) is 20.0 Å². The van der Waals surface area contributed by atoms with Crippen molar-refractivity contribution in [1.82, 2.24) is 0 Å². The van der Waals surface area contributed by atoms with Gasteiger partial charge in [0.1, 0.15) is 0 Å². The van der Waals surface area contributed by atoms with Crippen molar-refractivity contribution in [3.63, 3.8) is 0 Å². The molecule has 0 aromatic rings. The molecule has 4 nitrogen and oxygen atoms in total. The maximum Gasteiger partial charge on any atom is 0.0451 e. The summed E-state index contributed by atoms with van der Waals surface area (Å²) in [6, 6.07) is 0. The Morgan fingerprint density at radius 1 is 0.375 bits per heavy atom. The predicted molar refractivity (Wildman–Crippen MR) is 70.5 cm³/mol. The van der Waals surface area contributed by atoms with Crippen LogP contribution in [0.3, 0.4) is 0 Å².